The normalized spacial score (nSPS) is 15.3. The average molecular weight is 552 g/mol. The van der Waals surface area contributed by atoms with Crippen molar-refractivity contribution in [2.75, 3.05) is 12.1 Å². The third kappa shape index (κ3) is 4.61. The summed E-state index contributed by atoms with van der Waals surface area (Å²) < 4.78 is 7.42. The number of amides is 1. The lowest BCUT2D eigenvalue weighted by Crippen LogP contribution is -2.21. The van der Waals surface area contributed by atoms with Crippen LogP contribution in [0, 0.1) is 0 Å². The highest BCUT2D eigenvalue weighted by molar-refractivity contribution is 9.10. The first kappa shape index (κ1) is 22.2. The Morgan fingerprint density at radius 2 is 1.66 bits per heavy atom. The van der Waals surface area contributed by atoms with E-state index in [9.17, 15) is 4.79 Å². The summed E-state index contributed by atoms with van der Waals surface area (Å²) in [4.78, 5) is 13.5. The molecule has 0 N–H and O–H groups in total. The molecule has 32 heavy (non-hydrogen) atoms. The third-order valence-corrected chi connectivity index (χ3v) is 6.09. The highest BCUT2D eigenvalue weighted by atomic mass is 79.9. The number of nitrogens with zero attached hydrogens (tertiary/aromatic N) is 2. The number of carbonyl (C=O) groups is 1. The van der Waals surface area contributed by atoms with Crippen molar-refractivity contribution in [1.29, 1.82) is 0 Å². The average Bonchev–Trinajstić information content (AvgIpc) is 3.10. The minimum atomic E-state index is -0.155. The lowest BCUT2D eigenvalue weighted by Gasteiger charge is -2.13. The molecule has 3 aromatic carbocycles. The fourth-order valence-corrected chi connectivity index (χ4v) is 4.17. The highest BCUT2D eigenvalue weighted by Crippen LogP contribution is 2.32. The molecule has 1 aliphatic rings. The minimum Gasteiger partial charge on any atom is -0.496 e. The van der Waals surface area contributed by atoms with Gasteiger partial charge in [0, 0.05) is 14.5 Å². The van der Waals surface area contributed by atoms with Crippen LogP contribution in [0.2, 0.25) is 0 Å². The highest BCUT2D eigenvalue weighted by Gasteiger charge is 2.31. The van der Waals surface area contributed by atoms with Crippen molar-refractivity contribution in [2.45, 2.75) is 6.92 Å². The van der Waals surface area contributed by atoms with E-state index in [1.54, 1.807) is 7.11 Å². The van der Waals surface area contributed by atoms with Gasteiger partial charge in [-0.2, -0.15) is 10.1 Å². The van der Waals surface area contributed by atoms with Gasteiger partial charge in [0.15, 0.2) is 0 Å². The topological polar surface area (TPSA) is 41.9 Å². The lowest BCUT2D eigenvalue weighted by molar-refractivity contribution is -0.114. The Morgan fingerprint density at radius 3 is 2.34 bits per heavy atom. The molecule has 1 aliphatic heterocycles. The summed E-state index contributed by atoms with van der Waals surface area (Å²) in [5.74, 6) is 0.594. The van der Waals surface area contributed by atoms with E-state index in [0.717, 1.165) is 37.1 Å². The zero-order valence-electron chi connectivity index (χ0n) is 17.5. The molecule has 0 unspecified atom stereocenters. The first-order chi connectivity index (χ1) is 15.5. The van der Waals surface area contributed by atoms with Crippen molar-refractivity contribution in [3.63, 3.8) is 0 Å². The molecule has 0 spiro atoms. The fraction of sp³-hybridized carbons (Fsp3) is 0.0769. The molecule has 4 nitrogen and oxygen atoms in total. The monoisotopic (exact) mass is 550 g/mol. The quantitative estimate of drug-likeness (QED) is 0.317. The molecule has 0 aliphatic carbocycles. The number of rotatable bonds is 5. The van der Waals surface area contributed by atoms with E-state index < -0.39 is 0 Å². The van der Waals surface area contributed by atoms with Gasteiger partial charge in [-0.25, -0.2) is 0 Å². The number of para-hydroxylation sites is 1. The number of carbonyl (C=O) groups excluding carboxylic acids is 1. The molecule has 4 rings (SSSR count). The summed E-state index contributed by atoms with van der Waals surface area (Å²) in [6.07, 6.45) is 3.91. The van der Waals surface area contributed by atoms with Gasteiger partial charge in [-0.15, -0.1) is 0 Å². The van der Waals surface area contributed by atoms with E-state index in [4.69, 9.17) is 4.74 Å². The minimum absolute atomic E-state index is 0.155. The predicted octanol–water partition coefficient (Wildman–Crippen LogP) is 7.11. The van der Waals surface area contributed by atoms with Gasteiger partial charge in [0.2, 0.25) is 0 Å². The summed E-state index contributed by atoms with van der Waals surface area (Å²) in [7, 11) is 1.64. The summed E-state index contributed by atoms with van der Waals surface area (Å²) in [6, 6.07) is 23.2. The standard InChI is InChI=1S/C26H20Br2N2O2/c1-17-25(26(31)30(29-17)22-6-4-3-5-7-22)23(18-8-11-20(27)12-9-18)14-10-19-16-21(28)13-15-24(19)32-2/h3-16H,1-2H3/b14-10+,25-23+. The number of hydrogen-bond acceptors (Lipinski definition) is 3. The Bertz CT molecular complexity index is 1250. The number of methoxy groups -OCH3 is 1. The number of hydrogen-bond donors (Lipinski definition) is 0. The Balaban J connectivity index is 1.85. The van der Waals surface area contributed by atoms with Crippen LogP contribution in [-0.2, 0) is 4.79 Å². The molecule has 0 fully saturated rings. The number of halogens is 2. The number of allylic oxidation sites excluding steroid dienone is 2. The maximum Gasteiger partial charge on any atom is 0.281 e. The molecule has 3 aromatic rings. The van der Waals surface area contributed by atoms with E-state index in [1.165, 1.54) is 5.01 Å². The van der Waals surface area contributed by atoms with E-state index in [0.29, 0.717) is 11.3 Å². The van der Waals surface area contributed by atoms with Gasteiger partial charge in [0.05, 0.1) is 24.1 Å². The molecule has 6 heteroatoms. The van der Waals surface area contributed by atoms with E-state index >= 15 is 0 Å². The second-order valence-corrected chi connectivity index (χ2v) is 8.98. The van der Waals surface area contributed by atoms with Crippen LogP contribution in [0.3, 0.4) is 0 Å². The van der Waals surface area contributed by atoms with Crippen molar-refractivity contribution in [1.82, 2.24) is 0 Å². The van der Waals surface area contributed by atoms with Crippen molar-refractivity contribution in [2.24, 2.45) is 5.10 Å². The molecule has 0 aromatic heterocycles. The Kier molecular flexibility index (Phi) is 6.72. The summed E-state index contributed by atoms with van der Waals surface area (Å²) in [5, 5.41) is 6.01. The maximum absolute atomic E-state index is 13.5. The zero-order valence-corrected chi connectivity index (χ0v) is 20.7. The number of ether oxygens (including phenoxy) is 1. The van der Waals surface area contributed by atoms with E-state index in [1.807, 2.05) is 91.9 Å². The van der Waals surface area contributed by atoms with E-state index in [2.05, 4.69) is 37.0 Å². The lowest BCUT2D eigenvalue weighted by atomic mass is 9.95. The van der Waals surface area contributed by atoms with Crippen LogP contribution < -0.4 is 9.75 Å². The van der Waals surface area contributed by atoms with Gasteiger partial charge in [0.1, 0.15) is 5.75 Å². The molecule has 0 saturated carbocycles. The number of benzene rings is 3. The van der Waals surface area contributed by atoms with Crippen LogP contribution >= 0.6 is 31.9 Å². The van der Waals surface area contributed by atoms with E-state index in [-0.39, 0.29) is 5.91 Å². The Hall–Kier alpha value is -2.96. The van der Waals surface area contributed by atoms with Crippen molar-refractivity contribution >= 4 is 60.8 Å². The summed E-state index contributed by atoms with van der Waals surface area (Å²) in [5.41, 5.74) is 4.59. The van der Waals surface area contributed by atoms with Crippen molar-refractivity contribution < 1.29 is 9.53 Å². The second-order valence-electron chi connectivity index (χ2n) is 7.15. The van der Waals surface area contributed by atoms with Crippen LogP contribution in [0.1, 0.15) is 18.1 Å². The first-order valence-corrected chi connectivity index (χ1v) is 11.5. The largest absolute Gasteiger partial charge is 0.496 e. The molecular formula is C26H20Br2N2O2. The Morgan fingerprint density at radius 1 is 0.969 bits per heavy atom. The molecule has 0 bridgehead atoms. The SMILES string of the molecule is COc1ccc(Br)cc1/C=C/C(=C1\C(=O)N(c2ccccc2)N=C1C)c1ccc(Br)cc1. The molecule has 0 atom stereocenters. The Labute approximate surface area is 204 Å². The van der Waals surface area contributed by atoms with Gasteiger partial charge in [0.25, 0.3) is 5.91 Å². The number of hydrazone groups is 1. The van der Waals surface area contributed by atoms with Crippen LogP contribution in [0.5, 0.6) is 5.75 Å². The molecular weight excluding hydrogens is 532 g/mol. The van der Waals surface area contributed by atoms with Crippen LogP contribution in [-0.4, -0.2) is 18.7 Å². The smallest absolute Gasteiger partial charge is 0.281 e. The van der Waals surface area contributed by atoms with Gasteiger partial charge in [-0.3, -0.25) is 4.79 Å². The fourth-order valence-electron chi connectivity index (χ4n) is 3.52. The van der Waals surface area contributed by atoms with Crippen LogP contribution in [0.4, 0.5) is 5.69 Å². The van der Waals surface area contributed by atoms with Gasteiger partial charge in [-0.05, 0) is 60.5 Å². The number of anilines is 1. The zero-order chi connectivity index (χ0) is 22.7. The molecule has 160 valence electrons. The van der Waals surface area contributed by atoms with Gasteiger partial charge < -0.3 is 4.74 Å². The first-order valence-electron chi connectivity index (χ1n) is 9.95. The van der Waals surface area contributed by atoms with Gasteiger partial charge in [-0.1, -0.05) is 74.3 Å². The van der Waals surface area contributed by atoms with Crippen LogP contribution in [0.25, 0.3) is 11.6 Å². The molecule has 1 heterocycles. The molecule has 0 saturated heterocycles. The maximum atomic E-state index is 13.5. The molecule has 0 radical (unpaired) electrons. The van der Waals surface area contributed by atoms with Crippen molar-refractivity contribution in [3.8, 4) is 5.75 Å². The summed E-state index contributed by atoms with van der Waals surface area (Å²) >= 11 is 7.01. The van der Waals surface area contributed by atoms with Crippen molar-refractivity contribution in [3.05, 3.63) is 105 Å². The third-order valence-electron chi connectivity index (χ3n) is 5.06. The van der Waals surface area contributed by atoms with Crippen LogP contribution in [0.15, 0.2) is 98.5 Å². The summed E-state index contributed by atoms with van der Waals surface area (Å²) in [6.45, 7) is 1.86. The predicted molar refractivity (Wildman–Crippen MR) is 138 cm³/mol. The van der Waals surface area contributed by atoms with Gasteiger partial charge >= 0.3 is 0 Å². The second kappa shape index (κ2) is 9.67. The molecule has 1 amide bonds.